The van der Waals surface area contributed by atoms with Crippen LogP contribution in [0.5, 0.6) is 5.75 Å². The average molecular weight is 226 g/mol. The molecule has 0 radical (unpaired) electrons. The van der Waals surface area contributed by atoms with Crippen LogP contribution in [-0.2, 0) is 0 Å². The van der Waals surface area contributed by atoms with Crippen LogP contribution in [0, 0.1) is 0 Å². The zero-order valence-electron chi connectivity index (χ0n) is 4.79. The molecule has 0 bridgehead atoms. The van der Waals surface area contributed by atoms with Crippen LogP contribution in [0.15, 0.2) is 30.3 Å². The molecule has 0 fully saturated rings. The van der Waals surface area contributed by atoms with E-state index in [9.17, 15) is 5.11 Å². The van der Waals surface area contributed by atoms with Crippen molar-refractivity contribution in [1.29, 1.82) is 0 Å². The number of benzene rings is 1. The monoisotopic (exact) mass is 226 g/mol. The minimum atomic E-state index is 0. The maximum Gasteiger partial charge on any atom is 1.00 e. The van der Waals surface area contributed by atoms with Gasteiger partial charge in [-0.25, -0.2) is 0 Å². The van der Waals surface area contributed by atoms with Crippen LogP contribution >= 0.6 is 0 Å². The smallest absolute Gasteiger partial charge is 0.872 e. The topological polar surface area (TPSA) is 23.1 Å². The maximum absolute atomic E-state index is 10.3. The van der Waals surface area contributed by atoms with Gasteiger partial charge >= 0.3 is 68.9 Å². The third-order valence-electron chi connectivity index (χ3n) is 0.743. The van der Waals surface area contributed by atoms with Gasteiger partial charge in [-0.05, 0) is 0 Å². The molecule has 1 aromatic rings. The molecule has 1 nitrogen and oxygen atoms in total. The Morgan fingerprint density at radius 1 is 1.00 bits per heavy atom. The molecule has 8 heavy (non-hydrogen) atoms. The third-order valence-corrected chi connectivity index (χ3v) is 0.743. The van der Waals surface area contributed by atoms with Gasteiger partial charge in [0.25, 0.3) is 0 Å². The summed E-state index contributed by atoms with van der Waals surface area (Å²) in [6, 6.07) is 8.33. The van der Waals surface area contributed by atoms with E-state index in [0.29, 0.717) is 0 Å². The Hall–Kier alpha value is 1.07. The number of hydrogen-bond acceptors (Lipinski definition) is 1. The van der Waals surface area contributed by atoms with Gasteiger partial charge < -0.3 is 5.11 Å². The van der Waals surface area contributed by atoms with Crippen LogP contribution in [0.2, 0.25) is 0 Å². The Labute approximate surface area is 108 Å². The standard InChI is InChI=1S/C6H6O.Cs/c7-6-4-2-1-3-5-6;/h1-5,7H;/q;+1/p-1. The Balaban J connectivity index is 0.000000490. The van der Waals surface area contributed by atoms with E-state index in [4.69, 9.17) is 0 Å². The van der Waals surface area contributed by atoms with Gasteiger partial charge in [-0.3, -0.25) is 0 Å². The molecule has 2 heteroatoms. The SMILES string of the molecule is [Cs+].[O-]c1ccccc1. The molecule has 0 aliphatic heterocycles. The van der Waals surface area contributed by atoms with E-state index in [1.807, 2.05) is 6.07 Å². The Kier molecular flexibility index (Phi) is 5.56. The minimum Gasteiger partial charge on any atom is -0.872 e. The van der Waals surface area contributed by atoms with Crippen LogP contribution in [0.4, 0.5) is 0 Å². The molecule has 0 spiro atoms. The fourth-order valence-electron chi connectivity index (χ4n) is 0.420. The Bertz CT molecular complexity index is 138. The van der Waals surface area contributed by atoms with E-state index in [0.717, 1.165) is 0 Å². The minimum absolute atomic E-state index is 0. The normalized spacial score (nSPS) is 7.50. The molecule has 0 heterocycles. The summed E-state index contributed by atoms with van der Waals surface area (Å²) in [5.41, 5.74) is 0. The molecule has 0 aromatic heterocycles. The molecule has 1 aromatic carbocycles. The largest absolute Gasteiger partial charge is 1.00 e. The van der Waals surface area contributed by atoms with Gasteiger partial charge in [0.2, 0.25) is 0 Å². The van der Waals surface area contributed by atoms with Gasteiger partial charge in [-0.2, -0.15) is 0 Å². The first-order valence-electron chi connectivity index (χ1n) is 2.11. The fourth-order valence-corrected chi connectivity index (χ4v) is 0.420. The van der Waals surface area contributed by atoms with Crippen molar-refractivity contribution in [3.8, 4) is 5.75 Å². The van der Waals surface area contributed by atoms with Gasteiger partial charge in [0, 0.05) is 0 Å². The van der Waals surface area contributed by atoms with Crippen LogP contribution in [0.3, 0.4) is 0 Å². The summed E-state index contributed by atoms with van der Waals surface area (Å²) in [7, 11) is 0. The van der Waals surface area contributed by atoms with Crippen LogP contribution in [-0.4, -0.2) is 0 Å². The molecule has 0 saturated heterocycles. The quantitative estimate of drug-likeness (QED) is 0.490. The van der Waals surface area contributed by atoms with Gasteiger partial charge in [0.05, 0.1) is 0 Å². The number of para-hydroxylation sites is 1. The van der Waals surface area contributed by atoms with E-state index in [-0.39, 0.29) is 74.6 Å². The number of hydrogen-bond donors (Lipinski definition) is 0. The predicted octanol–water partition coefficient (Wildman–Crippen LogP) is -2.24. The fraction of sp³-hybridized carbons (Fsp3) is 0. The zero-order chi connectivity index (χ0) is 5.11. The summed E-state index contributed by atoms with van der Waals surface area (Å²) in [4.78, 5) is 0. The first kappa shape index (κ1) is 9.07. The van der Waals surface area contributed by atoms with E-state index >= 15 is 0 Å². The van der Waals surface area contributed by atoms with Crippen molar-refractivity contribution in [1.82, 2.24) is 0 Å². The van der Waals surface area contributed by atoms with Crippen LogP contribution in [0.25, 0.3) is 0 Å². The molecule has 1 rings (SSSR count). The third kappa shape index (κ3) is 3.17. The Morgan fingerprint density at radius 2 is 1.50 bits per heavy atom. The van der Waals surface area contributed by atoms with Crippen molar-refractivity contribution in [3.05, 3.63) is 30.3 Å². The van der Waals surface area contributed by atoms with Crippen molar-refractivity contribution < 1.29 is 74.0 Å². The van der Waals surface area contributed by atoms with E-state index in [2.05, 4.69) is 0 Å². The summed E-state index contributed by atoms with van der Waals surface area (Å²) < 4.78 is 0. The second-order valence-electron chi connectivity index (χ2n) is 1.31. The van der Waals surface area contributed by atoms with Crippen molar-refractivity contribution >= 4 is 0 Å². The van der Waals surface area contributed by atoms with Gasteiger partial charge in [0.1, 0.15) is 0 Å². The van der Waals surface area contributed by atoms with E-state index < -0.39 is 0 Å². The van der Waals surface area contributed by atoms with Crippen molar-refractivity contribution in [3.63, 3.8) is 0 Å². The second kappa shape index (κ2) is 4.91. The molecule has 0 atom stereocenters. The van der Waals surface area contributed by atoms with Crippen LogP contribution in [0.1, 0.15) is 0 Å². The molecule has 36 valence electrons. The Morgan fingerprint density at radius 3 is 1.75 bits per heavy atom. The van der Waals surface area contributed by atoms with Gasteiger partial charge in [0.15, 0.2) is 0 Å². The summed E-state index contributed by atoms with van der Waals surface area (Å²) in [5, 5.41) is 10.3. The van der Waals surface area contributed by atoms with E-state index in [1.165, 1.54) is 12.1 Å². The molecule has 0 N–H and O–H groups in total. The van der Waals surface area contributed by atoms with Gasteiger partial charge in [-0.1, -0.05) is 30.3 Å². The zero-order valence-corrected chi connectivity index (χ0v) is 11.1. The first-order valence-corrected chi connectivity index (χ1v) is 2.11. The summed E-state index contributed by atoms with van der Waals surface area (Å²) in [6.45, 7) is 0. The van der Waals surface area contributed by atoms with Crippen molar-refractivity contribution in [2.45, 2.75) is 0 Å². The molecular formula is C6H5CsO. The molecular weight excluding hydrogens is 221 g/mol. The molecule has 0 unspecified atom stereocenters. The first-order chi connectivity index (χ1) is 3.39. The average Bonchev–Trinajstić information content (AvgIpc) is 1.69. The van der Waals surface area contributed by atoms with Crippen molar-refractivity contribution in [2.24, 2.45) is 0 Å². The molecule has 0 aliphatic rings. The summed E-state index contributed by atoms with van der Waals surface area (Å²) >= 11 is 0. The maximum atomic E-state index is 10.3. The summed E-state index contributed by atoms with van der Waals surface area (Å²) in [5.74, 6) is 0.0718. The second-order valence-corrected chi connectivity index (χ2v) is 1.31. The molecule has 0 aliphatic carbocycles. The van der Waals surface area contributed by atoms with Crippen LogP contribution < -0.4 is 74.0 Å². The molecule has 0 saturated carbocycles. The molecule has 0 amide bonds. The predicted molar refractivity (Wildman–Crippen MR) is 25.9 cm³/mol. The van der Waals surface area contributed by atoms with Gasteiger partial charge in [-0.15, -0.1) is 5.75 Å². The van der Waals surface area contributed by atoms with E-state index in [1.54, 1.807) is 12.1 Å². The summed E-state index contributed by atoms with van der Waals surface area (Å²) in [6.07, 6.45) is 0. The van der Waals surface area contributed by atoms with Crippen molar-refractivity contribution in [2.75, 3.05) is 0 Å². The number of rotatable bonds is 0.